The van der Waals surface area contributed by atoms with E-state index < -0.39 is 0 Å². The lowest BCUT2D eigenvalue weighted by Gasteiger charge is -2.09. The number of hydrogen-bond donors (Lipinski definition) is 1. The van der Waals surface area contributed by atoms with Crippen molar-refractivity contribution in [3.05, 3.63) is 64.2 Å². The second-order valence-corrected chi connectivity index (χ2v) is 5.61. The second-order valence-electron chi connectivity index (χ2n) is 5.18. The Hall–Kier alpha value is -1.80. The molecule has 0 unspecified atom stereocenters. The summed E-state index contributed by atoms with van der Waals surface area (Å²) in [7, 11) is 0. The van der Waals surface area contributed by atoms with Crippen LogP contribution in [0.2, 0.25) is 5.02 Å². The number of rotatable bonds is 5. The Kier molecular flexibility index (Phi) is 5.40. The SMILES string of the molecule is CCc1ccc(CCC(=O)Nc2ccc(Cl)cc2C)cc1. The monoisotopic (exact) mass is 301 g/mol. The van der Waals surface area contributed by atoms with Gasteiger partial charge in [-0.05, 0) is 54.7 Å². The van der Waals surface area contributed by atoms with Gasteiger partial charge in [0, 0.05) is 17.1 Å². The Morgan fingerprint density at radius 1 is 1.10 bits per heavy atom. The van der Waals surface area contributed by atoms with Crippen molar-refractivity contribution in [1.82, 2.24) is 0 Å². The predicted molar refractivity (Wildman–Crippen MR) is 89.0 cm³/mol. The molecule has 2 rings (SSSR count). The molecule has 0 fully saturated rings. The Morgan fingerprint density at radius 2 is 1.76 bits per heavy atom. The molecular weight excluding hydrogens is 282 g/mol. The summed E-state index contributed by atoms with van der Waals surface area (Å²) >= 11 is 5.91. The summed E-state index contributed by atoms with van der Waals surface area (Å²) in [5.74, 6) is 0.0278. The van der Waals surface area contributed by atoms with Gasteiger partial charge in [0.1, 0.15) is 0 Å². The van der Waals surface area contributed by atoms with E-state index in [9.17, 15) is 4.79 Å². The molecule has 0 aliphatic carbocycles. The molecule has 2 aromatic rings. The average molecular weight is 302 g/mol. The minimum absolute atomic E-state index is 0.0278. The number of hydrogen-bond acceptors (Lipinski definition) is 1. The van der Waals surface area contributed by atoms with Crippen LogP contribution < -0.4 is 5.32 Å². The van der Waals surface area contributed by atoms with Crippen molar-refractivity contribution in [2.75, 3.05) is 5.32 Å². The number of carbonyl (C=O) groups is 1. The summed E-state index contributed by atoms with van der Waals surface area (Å²) in [4.78, 5) is 12.0. The van der Waals surface area contributed by atoms with Crippen molar-refractivity contribution in [3.8, 4) is 0 Å². The molecule has 1 N–H and O–H groups in total. The van der Waals surface area contributed by atoms with E-state index in [1.54, 1.807) is 6.07 Å². The topological polar surface area (TPSA) is 29.1 Å². The highest BCUT2D eigenvalue weighted by Crippen LogP contribution is 2.19. The van der Waals surface area contributed by atoms with Crippen LogP contribution in [0.1, 0.15) is 30.0 Å². The molecule has 110 valence electrons. The molecule has 0 bridgehead atoms. The van der Waals surface area contributed by atoms with E-state index in [0.29, 0.717) is 11.4 Å². The van der Waals surface area contributed by atoms with Gasteiger partial charge in [-0.1, -0.05) is 42.8 Å². The maximum Gasteiger partial charge on any atom is 0.224 e. The molecule has 0 spiro atoms. The zero-order valence-corrected chi connectivity index (χ0v) is 13.2. The molecule has 0 atom stereocenters. The van der Waals surface area contributed by atoms with E-state index in [2.05, 4.69) is 36.5 Å². The molecule has 0 aliphatic heterocycles. The van der Waals surface area contributed by atoms with E-state index in [1.165, 1.54) is 11.1 Å². The molecular formula is C18H20ClNO. The number of nitrogens with one attached hydrogen (secondary N) is 1. The van der Waals surface area contributed by atoms with Crippen molar-refractivity contribution < 1.29 is 4.79 Å². The van der Waals surface area contributed by atoms with Gasteiger partial charge in [-0.15, -0.1) is 0 Å². The lowest BCUT2D eigenvalue weighted by atomic mass is 10.1. The van der Waals surface area contributed by atoms with Crippen LogP contribution >= 0.6 is 11.6 Å². The highest BCUT2D eigenvalue weighted by Gasteiger charge is 2.06. The summed E-state index contributed by atoms with van der Waals surface area (Å²) in [5.41, 5.74) is 4.31. The van der Waals surface area contributed by atoms with Gasteiger partial charge in [0.25, 0.3) is 0 Å². The first-order valence-corrected chi connectivity index (χ1v) is 7.60. The number of carbonyl (C=O) groups excluding carboxylic acids is 1. The minimum atomic E-state index is 0.0278. The molecule has 21 heavy (non-hydrogen) atoms. The third-order valence-electron chi connectivity index (χ3n) is 3.53. The standard InChI is InChI=1S/C18H20ClNO/c1-3-14-4-6-15(7-5-14)8-11-18(21)20-17-10-9-16(19)12-13(17)2/h4-7,9-10,12H,3,8,11H2,1-2H3,(H,20,21). The molecule has 2 aromatic carbocycles. The first-order chi connectivity index (χ1) is 10.1. The molecule has 1 amide bonds. The highest BCUT2D eigenvalue weighted by molar-refractivity contribution is 6.30. The quantitative estimate of drug-likeness (QED) is 0.846. The van der Waals surface area contributed by atoms with Crippen LogP contribution in [0.4, 0.5) is 5.69 Å². The molecule has 0 radical (unpaired) electrons. The predicted octanol–water partition coefficient (Wildman–Crippen LogP) is 4.78. The van der Waals surface area contributed by atoms with Crippen LogP contribution in [-0.2, 0) is 17.6 Å². The van der Waals surface area contributed by atoms with Gasteiger partial charge in [-0.25, -0.2) is 0 Å². The number of benzene rings is 2. The van der Waals surface area contributed by atoms with Gasteiger partial charge >= 0.3 is 0 Å². The Labute approximate surface area is 131 Å². The molecule has 3 heteroatoms. The van der Waals surface area contributed by atoms with E-state index in [4.69, 9.17) is 11.6 Å². The average Bonchev–Trinajstić information content (AvgIpc) is 2.48. The maximum atomic E-state index is 12.0. The number of anilines is 1. The fraction of sp³-hybridized carbons (Fsp3) is 0.278. The van der Waals surface area contributed by atoms with E-state index in [-0.39, 0.29) is 5.91 Å². The van der Waals surface area contributed by atoms with Crippen LogP contribution in [0.3, 0.4) is 0 Å². The Balaban J connectivity index is 1.89. The smallest absolute Gasteiger partial charge is 0.224 e. The zero-order valence-electron chi connectivity index (χ0n) is 12.4. The number of amides is 1. The fourth-order valence-corrected chi connectivity index (χ4v) is 2.41. The van der Waals surface area contributed by atoms with E-state index in [0.717, 1.165) is 24.1 Å². The van der Waals surface area contributed by atoms with Gasteiger partial charge in [0.15, 0.2) is 0 Å². The van der Waals surface area contributed by atoms with Crippen LogP contribution in [0.5, 0.6) is 0 Å². The van der Waals surface area contributed by atoms with Gasteiger partial charge in [-0.3, -0.25) is 4.79 Å². The highest BCUT2D eigenvalue weighted by atomic mass is 35.5. The van der Waals surface area contributed by atoms with E-state index in [1.807, 2.05) is 19.1 Å². The first-order valence-electron chi connectivity index (χ1n) is 7.22. The summed E-state index contributed by atoms with van der Waals surface area (Å²) < 4.78 is 0. The second kappa shape index (κ2) is 7.28. The summed E-state index contributed by atoms with van der Waals surface area (Å²) in [6, 6.07) is 13.9. The van der Waals surface area contributed by atoms with Crippen LogP contribution in [0.25, 0.3) is 0 Å². The molecule has 0 aliphatic rings. The zero-order chi connectivity index (χ0) is 15.2. The van der Waals surface area contributed by atoms with Crippen molar-refractivity contribution in [2.45, 2.75) is 33.1 Å². The van der Waals surface area contributed by atoms with E-state index >= 15 is 0 Å². The Morgan fingerprint density at radius 3 is 2.38 bits per heavy atom. The van der Waals surface area contributed by atoms with Gasteiger partial charge in [-0.2, -0.15) is 0 Å². The largest absolute Gasteiger partial charge is 0.326 e. The molecule has 0 aromatic heterocycles. The summed E-state index contributed by atoms with van der Waals surface area (Å²) in [6.45, 7) is 4.07. The summed E-state index contributed by atoms with van der Waals surface area (Å²) in [5, 5.41) is 3.61. The fourth-order valence-electron chi connectivity index (χ4n) is 2.18. The number of aryl methyl sites for hydroxylation is 3. The van der Waals surface area contributed by atoms with Gasteiger partial charge in [0.2, 0.25) is 5.91 Å². The Bertz CT molecular complexity index is 620. The lowest BCUT2D eigenvalue weighted by Crippen LogP contribution is -2.13. The lowest BCUT2D eigenvalue weighted by molar-refractivity contribution is -0.116. The summed E-state index contributed by atoms with van der Waals surface area (Å²) in [6.07, 6.45) is 2.27. The molecule has 0 saturated heterocycles. The van der Waals surface area contributed by atoms with Gasteiger partial charge in [0.05, 0.1) is 0 Å². The normalized spacial score (nSPS) is 10.4. The molecule has 0 saturated carbocycles. The van der Waals surface area contributed by atoms with Crippen molar-refractivity contribution in [3.63, 3.8) is 0 Å². The van der Waals surface area contributed by atoms with Crippen LogP contribution in [0, 0.1) is 6.92 Å². The number of halogens is 1. The first kappa shape index (κ1) is 15.6. The third-order valence-corrected chi connectivity index (χ3v) is 3.77. The minimum Gasteiger partial charge on any atom is -0.326 e. The third kappa shape index (κ3) is 4.61. The molecule has 2 nitrogen and oxygen atoms in total. The van der Waals surface area contributed by atoms with Crippen molar-refractivity contribution in [1.29, 1.82) is 0 Å². The maximum absolute atomic E-state index is 12.0. The van der Waals surface area contributed by atoms with Crippen molar-refractivity contribution in [2.24, 2.45) is 0 Å². The van der Waals surface area contributed by atoms with Gasteiger partial charge < -0.3 is 5.32 Å². The molecule has 0 heterocycles. The van der Waals surface area contributed by atoms with Crippen LogP contribution in [0.15, 0.2) is 42.5 Å². The van der Waals surface area contributed by atoms with Crippen molar-refractivity contribution >= 4 is 23.2 Å². The van der Waals surface area contributed by atoms with Crippen LogP contribution in [-0.4, -0.2) is 5.91 Å².